The summed E-state index contributed by atoms with van der Waals surface area (Å²) in [5.74, 6) is 1.69. The van der Waals surface area contributed by atoms with E-state index in [0.29, 0.717) is 13.3 Å². The third-order valence-electron chi connectivity index (χ3n) is 3.45. The number of nitrogens with two attached hydrogens (primary N) is 1. The molecule has 0 fully saturated rings. The average molecular weight is 255 g/mol. The zero-order valence-corrected chi connectivity index (χ0v) is 11.0. The molecular formula is C16H17NO2. The molecule has 3 rings (SSSR count). The van der Waals surface area contributed by atoms with E-state index in [2.05, 4.69) is 37.3 Å². The van der Waals surface area contributed by atoms with Crippen LogP contribution in [0.1, 0.15) is 22.3 Å². The molecule has 0 spiro atoms. The van der Waals surface area contributed by atoms with E-state index in [1.54, 1.807) is 0 Å². The van der Waals surface area contributed by atoms with Crippen LogP contribution in [-0.4, -0.2) is 6.79 Å². The van der Waals surface area contributed by atoms with E-state index in [0.717, 1.165) is 23.5 Å². The summed E-state index contributed by atoms with van der Waals surface area (Å²) in [6, 6.07) is 12.5. The minimum Gasteiger partial charge on any atom is -0.454 e. The maximum absolute atomic E-state index is 5.68. The number of rotatable bonds is 3. The van der Waals surface area contributed by atoms with Crippen LogP contribution in [0, 0.1) is 6.92 Å². The summed E-state index contributed by atoms with van der Waals surface area (Å²) < 4.78 is 10.8. The van der Waals surface area contributed by atoms with Gasteiger partial charge in [0.1, 0.15) is 0 Å². The van der Waals surface area contributed by atoms with Crippen LogP contribution in [0.2, 0.25) is 0 Å². The van der Waals surface area contributed by atoms with Crippen LogP contribution < -0.4 is 15.2 Å². The lowest BCUT2D eigenvalue weighted by Crippen LogP contribution is -1.98. The Hall–Kier alpha value is -2.00. The Morgan fingerprint density at radius 2 is 1.79 bits per heavy atom. The molecule has 0 radical (unpaired) electrons. The van der Waals surface area contributed by atoms with E-state index in [4.69, 9.17) is 15.2 Å². The van der Waals surface area contributed by atoms with Crippen molar-refractivity contribution in [3.63, 3.8) is 0 Å². The van der Waals surface area contributed by atoms with Crippen LogP contribution in [0.3, 0.4) is 0 Å². The van der Waals surface area contributed by atoms with Gasteiger partial charge in [-0.25, -0.2) is 0 Å². The number of ether oxygens (including phenoxy) is 2. The molecule has 0 atom stereocenters. The summed E-state index contributed by atoms with van der Waals surface area (Å²) in [4.78, 5) is 0. The fourth-order valence-electron chi connectivity index (χ4n) is 2.36. The first-order valence-corrected chi connectivity index (χ1v) is 6.43. The molecule has 0 aliphatic carbocycles. The Kier molecular flexibility index (Phi) is 3.13. The predicted molar refractivity (Wildman–Crippen MR) is 74.4 cm³/mol. The van der Waals surface area contributed by atoms with Crippen molar-refractivity contribution >= 4 is 0 Å². The number of aryl methyl sites for hydroxylation is 1. The summed E-state index contributed by atoms with van der Waals surface area (Å²) in [6.07, 6.45) is 0.885. The molecule has 1 heterocycles. The first-order chi connectivity index (χ1) is 9.26. The van der Waals surface area contributed by atoms with Crippen molar-refractivity contribution in [2.75, 3.05) is 6.79 Å². The van der Waals surface area contributed by atoms with Crippen LogP contribution in [0.15, 0.2) is 36.4 Å². The molecule has 3 heteroatoms. The van der Waals surface area contributed by atoms with E-state index in [9.17, 15) is 0 Å². The second kappa shape index (κ2) is 4.94. The highest BCUT2D eigenvalue weighted by molar-refractivity contribution is 5.49. The van der Waals surface area contributed by atoms with Crippen LogP contribution in [-0.2, 0) is 13.0 Å². The van der Waals surface area contributed by atoms with Crippen LogP contribution in [0.4, 0.5) is 0 Å². The van der Waals surface area contributed by atoms with E-state index < -0.39 is 0 Å². The van der Waals surface area contributed by atoms with Gasteiger partial charge in [0.15, 0.2) is 11.5 Å². The topological polar surface area (TPSA) is 44.5 Å². The van der Waals surface area contributed by atoms with Gasteiger partial charge in [0.2, 0.25) is 6.79 Å². The van der Waals surface area contributed by atoms with Crippen molar-refractivity contribution in [1.82, 2.24) is 0 Å². The summed E-state index contributed by atoms with van der Waals surface area (Å²) >= 11 is 0. The molecule has 1 aliphatic heterocycles. The number of hydrogen-bond donors (Lipinski definition) is 1. The van der Waals surface area contributed by atoms with Gasteiger partial charge in [-0.1, -0.05) is 24.3 Å². The van der Waals surface area contributed by atoms with Crippen LogP contribution in [0.5, 0.6) is 11.5 Å². The Balaban J connectivity index is 1.90. The normalized spacial score (nSPS) is 12.7. The van der Waals surface area contributed by atoms with Gasteiger partial charge in [-0.2, -0.15) is 0 Å². The molecule has 3 nitrogen and oxygen atoms in total. The molecule has 0 bridgehead atoms. The summed E-state index contributed by atoms with van der Waals surface area (Å²) in [7, 11) is 0. The Labute approximate surface area is 113 Å². The summed E-state index contributed by atoms with van der Waals surface area (Å²) in [5.41, 5.74) is 10.6. The number of fused-ring (bicyclic) bond motifs is 1. The van der Waals surface area contributed by atoms with Crippen molar-refractivity contribution in [2.24, 2.45) is 5.73 Å². The zero-order chi connectivity index (χ0) is 13.2. The Morgan fingerprint density at radius 1 is 1.05 bits per heavy atom. The molecule has 2 aromatic rings. The SMILES string of the molecule is Cc1cc2c(cc1Cc1cccc(CN)c1)OCO2. The molecule has 2 N–H and O–H groups in total. The quantitative estimate of drug-likeness (QED) is 0.917. The van der Waals surface area contributed by atoms with Crippen molar-refractivity contribution in [2.45, 2.75) is 19.9 Å². The van der Waals surface area contributed by atoms with Crippen molar-refractivity contribution in [3.05, 3.63) is 58.7 Å². The van der Waals surface area contributed by atoms with E-state index in [-0.39, 0.29) is 0 Å². The molecule has 19 heavy (non-hydrogen) atoms. The zero-order valence-electron chi connectivity index (χ0n) is 11.0. The molecule has 0 saturated heterocycles. The fraction of sp³-hybridized carbons (Fsp3) is 0.250. The first-order valence-electron chi connectivity index (χ1n) is 6.43. The fourth-order valence-corrected chi connectivity index (χ4v) is 2.36. The molecule has 98 valence electrons. The highest BCUT2D eigenvalue weighted by Gasteiger charge is 2.15. The van der Waals surface area contributed by atoms with E-state index >= 15 is 0 Å². The Bertz CT molecular complexity index is 608. The molecule has 1 aliphatic rings. The average Bonchev–Trinajstić information content (AvgIpc) is 2.86. The highest BCUT2D eigenvalue weighted by atomic mass is 16.7. The van der Waals surface area contributed by atoms with Crippen LogP contribution >= 0.6 is 0 Å². The first kappa shape index (κ1) is 12.1. The lowest BCUT2D eigenvalue weighted by Gasteiger charge is -2.09. The van der Waals surface area contributed by atoms with E-state index in [1.165, 1.54) is 16.7 Å². The third-order valence-corrected chi connectivity index (χ3v) is 3.45. The van der Waals surface area contributed by atoms with Crippen LogP contribution in [0.25, 0.3) is 0 Å². The van der Waals surface area contributed by atoms with Gasteiger partial charge in [0.05, 0.1) is 0 Å². The minimum atomic E-state index is 0.320. The predicted octanol–water partition coefficient (Wildman–Crippen LogP) is 2.77. The second-order valence-corrected chi connectivity index (χ2v) is 4.83. The van der Waals surface area contributed by atoms with Crippen molar-refractivity contribution in [3.8, 4) is 11.5 Å². The minimum absolute atomic E-state index is 0.320. The van der Waals surface area contributed by atoms with Crippen molar-refractivity contribution < 1.29 is 9.47 Å². The van der Waals surface area contributed by atoms with Gasteiger partial charge < -0.3 is 15.2 Å². The van der Waals surface area contributed by atoms with Gasteiger partial charge in [-0.15, -0.1) is 0 Å². The lowest BCUT2D eigenvalue weighted by atomic mass is 9.98. The lowest BCUT2D eigenvalue weighted by molar-refractivity contribution is 0.174. The smallest absolute Gasteiger partial charge is 0.231 e. The van der Waals surface area contributed by atoms with Gasteiger partial charge in [0.25, 0.3) is 0 Å². The molecular weight excluding hydrogens is 238 g/mol. The molecule has 2 aromatic carbocycles. The summed E-state index contributed by atoms with van der Waals surface area (Å²) in [6.45, 7) is 3.00. The maximum atomic E-state index is 5.68. The number of benzene rings is 2. The molecule has 0 amide bonds. The van der Waals surface area contributed by atoms with Gasteiger partial charge in [0, 0.05) is 6.54 Å². The largest absolute Gasteiger partial charge is 0.454 e. The summed E-state index contributed by atoms with van der Waals surface area (Å²) in [5, 5.41) is 0. The van der Waals surface area contributed by atoms with Gasteiger partial charge in [-0.3, -0.25) is 0 Å². The highest BCUT2D eigenvalue weighted by Crippen LogP contribution is 2.35. The maximum Gasteiger partial charge on any atom is 0.231 e. The van der Waals surface area contributed by atoms with Gasteiger partial charge in [-0.05, 0) is 47.7 Å². The molecule has 0 unspecified atom stereocenters. The molecule has 0 aromatic heterocycles. The number of hydrogen-bond acceptors (Lipinski definition) is 3. The monoisotopic (exact) mass is 255 g/mol. The van der Waals surface area contributed by atoms with Crippen molar-refractivity contribution in [1.29, 1.82) is 0 Å². The Morgan fingerprint density at radius 3 is 2.58 bits per heavy atom. The standard InChI is InChI=1S/C16H17NO2/c1-11-5-15-16(19-10-18-15)8-14(11)7-12-3-2-4-13(6-12)9-17/h2-6,8H,7,9-10,17H2,1H3. The van der Waals surface area contributed by atoms with Gasteiger partial charge >= 0.3 is 0 Å². The third kappa shape index (κ3) is 2.42. The van der Waals surface area contributed by atoms with E-state index in [1.807, 2.05) is 6.07 Å². The second-order valence-electron chi connectivity index (χ2n) is 4.83. The molecule has 0 saturated carbocycles.